The molecule has 0 atom stereocenters. The molecule has 0 aromatic heterocycles. The molecule has 0 saturated carbocycles. The average molecular weight is 149 g/mol. The summed E-state index contributed by atoms with van der Waals surface area (Å²) in [6, 6.07) is 8.01. The van der Waals surface area contributed by atoms with Crippen LogP contribution >= 0.6 is 0 Å². The predicted octanol–water partition coefficient (Wildman–Crippen LogP) is 1.98. The summed E-state index contributed by atoms with van der Waals surface area (Å²) < 4.78 is 0. The molecule has 0 saturated heterocycles. The molecule has 1 aromatic rings. The summed E-state index contributed by atoms with van der Waals surface area (Å²) in [6.45, 7) is 2.04. The second-order valence-electron chi connectivity index (χ2n) is 2.27. The number of benzene rings is 1. The van der Waals surface area contributed by atoms with E-state index in [1.165, 1.54) is 12.7 Å². The Bertz CT molecular complexity index is 255. The summed E-state index contributed by atoms with van der Waals surface area (Å²) in [5, 5.41) is 3.68. The van der Waals surface area contributed by atoms with Gasteiger partial charge >= 0.3 is 0 Å². The van der Waals surface area contributed by atoms with E-state index in [0.717, 1.165) is 5.56 Å². The number of rotatable bonds is 2. The van der Waals surface area contributed by atoms with Crippen LogP contribution in [0.2, 0.25) is 0 Å². The van der Waals surface area contributed by atoms with E-state index in [0.29, 0.717) is 0 Å². The molecule has 11 heavy (non-hydrogen) atoms. The van der Waals surface area contributed by atoms with Crippen LogP contribution in [-0.2, 0) is 4.84 Å². The Kier molecular flexibility index (Phi) is 2.66. The summed E-state index contributed by atoms with van der Waals surface area (Å²) in [6.07, 6.45) is 1.70. The summed E-state index contributed by atoms with van der Waals surface area (Å²) in [7, 11) is 1.54. The lowest BCUT2D eigenvalue weighted by molar-refractivity contribution is 0.215. The second kappa shape index (κ2) is 3.76. The zero-order valence-electron chi connectivity index (χ0n) is 6.74. The average Bonchev–Trinajstić information content (AvgIpc) is 2.03. The lowest BCUT2D eigenvalue weighted by atomic mass is 10.1. The largest absolute Gasteiger partial charge is 0.399 e. The van der Waals surface area contributed by atoms with Gasteiger partial charge in [-0.15, -0.1) is 0 Å². The van der Waals surface area contributed by atoms with Crippen molar-refractivity contribution in [3.05, 3.63) is 35.4 Å². The van der Waals surface area contributed by atoms with Gasteiger partial charge in [-0.2, -0.15) is 0 Å². The van der Waals surface area contributed by atoms with E-state index in [-0.39, 0.29) is 0 Å². The third-order valence-electron chi connectivity index (χ3n) is 1.49. The van der Waals surface area contributed by atoms with Crippen LogP contribution in [0.15, 0.2) is 29.4 Å². The number of nitrogens with zero attached hydrogens (tertiary/aromatic N) is 1. The smallest absolute Gasteiger partial charge is 0.106 e. The molecule has 0 unspecified atom stereocenters. The zero-order valence-corrected chi connectivity index (χ0v) is 6.74. The molecule has 0 fully saturated rings. The Balaban J connectivity index is 2.86. The first-order valence-corrected chi connectivity index (χ1v) is 3.47. The molecule has 1 aromatic carbocycles. The summed E-state index contributed by atoms with van der Waals surface area (Å²) in [4.78, 5) is 4.57. The predicted molar refractivity (Wildman–Crippen MR) is 45.8 cm³/mol. The van der Waals surface area contributed by atoms with E-state index in [1.807, 2.05) is 31.2 Å². The molecule has 0 radical (unpaired) electrons. The van der Waals surface area contributed by atoms with E-state index < -0.39 is 0 Å². The Morgan fingerprint density at radius 3 is 2.73 bits per heavy atom. The fourth-order valence-electron chi connectivity index (χ4n) is 0.841. The van der Waals surface area contributed by atoms with Gasteiger partial charge in [-0.3, -0.25) is 0 Å². The Morgan fingerprint density at radius 2 is 2.09 bits per heavy atom. The van der Waals surface area contributed by atoms with Crippen molar-refractivity contribution < 1.29 is 4.84 Å². The quantitative estimate of drug-likeness (QED) is 0.465. The molecule has 2 nitrogen and oxygen atoms in total. The van der Waals surface area contributed by atoms with Gasteiger partial charge < -0.3 is 4.84 Å². The molecule has 0 amide bonds. The standard InChI is InChI=1S/C9H11NO/c1-8-5-3-4-6-9(8)7-10-11-2/h3-7H,1-2H3/b10-7-. The molecule has 1 rings (SSSR count). The third-order valence-corrected chi connectivity index (χ3v) is 1.49. The fraction of sp³-hybridized carbons (Fsp3) is 0.222. The van der Waals surface area contributed by atoms with Crippen molar-refractivity contribution >= 4 is 6.21 Å². The third kappa shape index (κ3) is 2.08. The van der Waals surface area contributed by atoms with Crippen molar-refractivity contribution in [1.82, 2.24) is 0 Å². The Hall–Kier alpha value is -1.31. The molecule has 0 aliphatic carbocycles. The maximum Gasteiger partial charge on any atom is 0.106 e. The normalized spacial score (nSPS) is 10.4. The summed E-state index contributed by atoms with van der Waals surface area (Å²) in [5.41, 5.74) is 2.29. The van der Waals surface area contributed by atoms with Crippen molar-refractivity contribution in [3.8, 4) is 0 Å². The highest BCUT2D eigenvalue weighted by atomic mass is 16.6. The number of aryl methyl sites for hydroxylation is 1. The van der Waals surface area contributed by atoms with E-state index in [2.05, 4.69) is 9.99 Å². The minimum absolute atomic E-state index is 1.09. The van der Waals surface area contributed by atoms with Gasteiger partial charge in [0.15, 0.2) is 0 Å². The van der Waals surface area contributed by atoms with Gasteiger partial charge in [0.2, 0.25) is 0 Å². The van der Waals surface area contributed by atoms with Crippen molar-refractivity contribution in [1.29, 1.82) is 0 Å². The van der Waals surface area contributed by atoms with E-state index >= 15 is 0 Å². The van der Waals surface area contributed by atoms with Crippen LogP contribution < -0.4 is 0 Å². The van der Waals surface area contributed by atoms with Gasteiger partial charge in [-0.1, -0.05) is 29.4 Å². The van der Waals surface area contributed by atoms with Crippen LogP contribution in [0.5, 0.6) is 0 Å². The molecular weight excluding hydrogens is 138 g/mol. The summed E-state index contributed by atoms with van der Waals surface area (Å²) >= 11 is 0. The molecule has 0 bridgehead atoms. The minimum atomic E-state index is 1.09. The monoisotopic (exact) mass is 149 g/mol. The van der Waals surface area contributed by atoms with Crippen molar-refractivity contribution in [3.63, 3.8) is 0 Å². The molecule has 0 aliphatic rings. The maximum atomic E-state index is 4.57. The van der Waals surface area contributed by atoms with Crippen LogP contribution in [-0.4, -0.2) is 13.3 Å². The van der Waals surface area contributed by atoms with Crippen LogP contribution in [0.25, 0.3) is 0 Å². The first-order valence-electron chi connectivity index (χ1n) is 3.47. The topological polar surface area (TPSA) is 21.6 Å². The SMILES string of the molecule is CO/N=C\c1ccccc1C. The number of hydrogen-bond acceptors (Lipinski definition) is 2. The molecule has 0 spiro atoms. The van der Waals surface area contributed by atoms with Gasteiger partial charge in [0, 0.05) is 0 Å². The van der Waals surface area contributed by atoms with Gasteiger partial charge in [0.05, 0.1) is 6.21 Å². The highest BCUT2D eigenvalue weighted by Gasteiger charge is 1.90. The van der Waals surface area contributed by atoms with Gasteiger partial charge in [0.25, 0.3) is 0 Å². The Labute approximate surface area is 66.5 Å². The minimum Gasteiger partial charge on any atom is -0.399 e. The van der Waals surface area contributed by atoms with Gasteiger partial charge in [-0.25, -0.2) is 0 Å². The van der Waals surface area contributed by atoms with Gasteiger partial charge in [-0.05, 0) is 18.1 Å². The maximum absolute atomic E-state index is 4.57. The molecular formula is C9H11NO. The number of hydrogen-bond donors (Lipinski definition) is 0. The van der Waals surface area contributed by atoms with Gasteiger partial charge in [0.1, 0.15) is 7.11 Å². The fourth-order valence-corrected chi connectivity index (χ4v) is 0.841. The Morgan fingerprint density at radius 1 is 1.36 bits per heavy atom. The zero-order chi connectivity index (χ0) is 8.10. The first kappa shape index (κ1) is 7.79. The highest BCUT2D eigenvalue weighted by Crippen LogP contribution is 2.03. The molecule has 0 heterocycles. The van der Waals surface area contributed by atoms with Crippen LogP contribution in [0.4, 0.5) is 0 Å². The molecule has 2 heteroatoms. The lowest BCUT2D eigenvalue weighted by Gasteiger charge is -1.95. The van der Waals surface area contributed by atoms with Crippen molar-refractivity contribution in [2.75, 3.05) is 7.11 Å². The molecule has 58 valence electrons. The van der Waals surface area contributed by atoms with Crippen LogP contribution in [0.3, 0.4) is 0 Å². The second-order valence-corrected chi connectivity index (χ2v) is 2.27. The molecule has 0 aliphatic heterocycles. The lowest BCUT2D eigenvalue weighted by Crippen LogP contribution is -1.85. The van der Waals surface area contributed by atoms with E-state index in [1.54, 1.807) is 6.21 Å². The summed E-state index contributed by atoms with van der Waals surface area (Å²) in [5.74, 6) is 0. The first-order chi connectivity index (χ1) is 5.34. The van der Waals surface area contributed by atoms with Crippen LogP contribution in [0, 0.1) is 6.92 Å². The van der Waals surface area contributed by atoms with Crippen molar-refractivity contribution in [2.24, 2.45) is 5.16 Å². The highest BCUT2D eigenvalue weighted by molar-refractivity contribution is 5.80. The number of oxime groups is 1. The molecule has 0 N–H and O–H groups in total. The van der Waals surface area contributed by atoms with Crippen LogP contribution in [0.1, 0.15) is 11.1 Å². The van der Waals surface area contributed by atoms with E-state index in [9.17, 15) is 0 Å². The van der Waals surface area contributed by atoms with E-state index in [4.69, 9.17) is 0 Å². The van der Waals surface area contributed by atoms with Crippen molar-refractivity contribution in [2.45, 2.75) is 6.92 Å².